The molecule has 0 aliphatic heterocycles. The van der Waals surface area contributed by atoms with Gasteiger partial charge in [0, 0.05) is 12.6 Å². The quantitative estimate of drug-likeness (QED) is 0.776. The van der Waals surface area contributed by atoms with Crippen LogP contribution in [0.15, 0.2) is 0 Å². The fraction of sp³-hybridized carbons (Fsp3) is 1.00. The van der Waals surface area contributed by atoms with Crippen LogP contribution in [0, 0.1) is 5.92 Å². The SMILES string of the molecule is CCNC1CCCCC1OCC1CCCC1. The van der Waals surface area contributed by atoms with Crippen LogP contribution in [0.3, 0.4) is 0 Å². The first-order chi connectivity index (χ1) is 7.90. The normalized spacial score (nSPS) is 32.1. The lowest BCUT2D eigenvalue weighted by molar-refractivity contribution is -0.0111. The van der Waals surface area contributed by atoms with Crippen LogP contribution in [0.1, 0.15) is 58.3 Å². The molecular weight excluding hydrogens is 198 g/mol. The summed E-state index contributed by atoms with van der Waals surface area (Å²) < 4.78 is 6.17. The van der Waals surface area contributed by atoms with Gasteiger partial charge in [-0.1, -0.05) is 32.6 Å². The third kappa shape index (κ3) is 3.46. The van der Waals surface area contributed by atoms with Gasteiger partial charge in [-0.25, -0.2) is 0 Å². The first-order valence-electron chi connectivity index (χ1n) is 7.25. The van der Waals surface area contributed by atoms with Crippen molar-refractivity contribution in [3.63, 3.8) is 0 Å². The van der Waals surface area contributed by atoms with Gasteiger partial charge >= 0.3 is 0 Å². The molecule has 1 N–H and O–H groups in total. The minimum absolute atomic E-state index is 0.495. The lowest BCUT2D eigenvalue weighted by atomic mass is 9.92. The topological polar surface area (TPSA) is 21.3 Å². The molecule has 2 unspecified atom stereocenters. The van der Waals surface area contributed by atoms with Crippen molar-refractivity contribution in [2.75, 3.05) is 13.2 Å². The minimum atomic E-state index is 0.495. The maximum absolute atomic E-state index is 6.17. The van der Waals surface area contributed by atoms with Crippen LogP contribution < -0.4 is 5.32 Å². The molecule has 94 valence electrons. The molecule has 0 amide bonds. The lowest BCUT2D eigenvalue weighted by Crippen LogP contribution is -2.44. The van der Waals surface area contributed by atoms with E-state index < -0.39 is 0 Å². The summed E-state index contributed by atoms with van der Waals surface area (Å²) in [6, 6.07) is 0.625. The Kier molecular flexibility index (Phi) is 5.11. The van der Waals surface area contributed by atoms with E-state index >= 15 is 0 Å². The monoisotopic (exact) mass is 225 g/mol. The van der Waals surface area contributed by atoms with Crippen molar-refractivity contribution in [3.05, 3.63) is 0 Å². The van der Waals surface area contributed by atoms with Crippen LogP contribution in [0.4, 0.5) is 0 Å². The van der Waals surface area contributed by atoms with E-state index in [0.717, 1.165) is 19.1 Å². The Hall–Kier alpha value is -0.0800. The van der Waals surface area contributed by atoms with E-state index in [2.05, 4.69) is 12.2 Å². The van der Waals surface area contributed by atoms with Gasteiger partial charge in [-0.3, -0.25) is 0 Å². The third-order valence-electron chi connectivity index (χ3n) is 4.19. The molecule has 16 heavy (non-hydrogen) atoms. The second-order valence-electron chi connectivity index (χ2n) is 5.47. The maximum atomic E-state index is 6.17. The van der Waals surface area contributed by atoms with Crippen molar-refractivity contribution < 1.29 is 4.74 Å². The zero-order valence-electron chi connectivity index (χ0n) is 10.7. The summed E-state index contributed by atoms with van der Waals surface area (Å²) in [5, 5.41) is 3.58. The zero-order chi connectivity index (χ0) is 11.2. The number of nitrogens with one attached hydrogen (secondary N) is 1. The number of rotatable bonds is 5. The van der Waals surface area contributed by atoms with Gasteiger partial charge in [0.25, 0.3) is 0 Å². The highest BCUT2D eigenvalue weighted by Gasteiger charge is 2.26. The average Bonchev–Trinajstić information content (AvgIpc) is 2.81. The van der Waals surface area contributed by atoms with Crippen LogP contribution in [-0.2, 0) is 4.74 Å². The molecule has 0 heterocycles. The Morgan fingerprint density at radius 3 is 2.44 bits per heavy atom. The average molecular weight is 225 g/mol. The van der Waals surface area contributed by atoms with Crippen LogP contribution in [-0.4, -0.2) is 25.3 Å². The molecule has 0 aromatic carbocycles. The lowest BCUT2D eigenvalue weighted by Gasteiger charge is -2.32. The van der Waals surface area contributed by atoms with Crippen molar-refractivity contribution in [2.24, 2.45) is 5.92 Å². The Morgan fingerprint density at radius 2 is 1.69 bits per heavy atom. The Balaban J connectivity index is 1.72. The molecule has 2 aliphatic carbocycles. The summed E-state index contributed by atoms with van der Waals surface area (Å²) in [7, 11) is 0. The Morgan fingerprint density at radius 1 is 1.00 bits per heavy atom. The molecule has 0 radical (unpaired) electrons. The van der Waals surface area contributed by atoms with Gasteiger partial charge in [0.2, 0.25) is 0 Å². The molecule has 0 aromatic heterocycles. The van der Waals surface area contributed by atoms with E-state index in [4.69, 9.17) is 4.74 Å². The highest BCUT2D eigenvalue weighted by molar-refractivity contribution is 4.82. The predicted molar refractivity (Wildman–Crippen MR) is 67.6 cm³/mol. The van der Waals surface area contributed by atoms with E-state index in [1.165, 1.54) is 51.4 Å². The highest BCUT2D eigenvalue weighted by atomic mass is 16.5. The molecule has 2 heteroatoms. The third-order valence-corrected chi connectivity index (χ3v) is 4.19. The summed E-state index contributed by atoms with van der Waals surface area (Å²) in [6.07, 6.45) is 11.5. The predicted octanol–water partition coefficient (Wildman–Crippen LogP) is 3.11. The van der Waals surface area contributed by atoms with Crippen molar-refractivity contribution in [2.45, 2.75) is 70.4 Å². The van der Waals surface area contributed by atoms with Crippen molar-refractivity contribution >= 4 is 0 Å². The summed E-state index contributed by atoms with van der Waals surface area (Å²) >= 11 is 0. The highest BCUT2D eigenvalue weighted by Crippen LogP contribution is 2.27. The van der Waals surface area contributed by atoms with Gasteiger partial charge in [-0.15, -0.1) is 0 Å². The smallest absolute Gasteiger partial charge is 0.0728 e. The minimum Gasteiger partial charge on any atom is -0.376 e. The zero-order valence-corrected chi connectivity index (χ0v) is 10.7. The molecule has 2 fully saturated rings. The largest absolute Gasteiger partial charge is 0.376 e. The molecular formula is C14H27NO. The van der Waals surface area contributed by atoms with Crippen LogP contribution in [0.5, 0.6) is 0 Å². The van der Waals surface area contributed by atoms with Gasteiger partial charge in [-0.05, 0) is 38.1 Å². The van der Waals surface area contributed by atoms with Crippen LogP contribution in [0.2, 0.25) is 0 Å². The second-order valence-corrected chi connectivity index (χ2v) is 5.47. The second kappa shape index (κ2) is 6.61. The fourth-order valence-electron chi connectivity index (χ4n) is 3.23. The Bertz CT molecular complexity index is 187. The number of likely N-dealkylation sites (N-methyl/N-ethyl adjacent to an activating group) is 1. The van der Waals surface area contributed by atoms with E-state index in [1.807, 2.05) is 0 Å². The van der Waals surface area contributed by atoms with Crippen LogP contribution in [0.25, 0.3) is 0 Å². The molecule has 0 aromatic rings. The molecule has 2 saturated carbocycles. The van der Waals surface area contributed by atoms with Gasteiger partial charge < -0.3 is 10.1 Å². The molecule has 2 rings (SSSR count). The summed E-state index contributed by atoms with van der Waals surface area (Å²) in [6.45, 7) is 4.29. The standard InChI is InChI=1S/C14H27NO/c1-2-15-13-9-5-6-10-14(13)16-11-12-7-3-4-8-12/h12-15H,2-11H2,1H3. The van der Waals surface area contributed by atoms with E-state index in [-0.39, 0.29) is 0 Å². The summed E-state index contributed by atoms with van der Waals surface area (Å²) in [5.74, 6) is 0.865. The van der Waals surface area contributed by atoms with Gasteiger partial charge in [0.1, 0.15) is 0 Å². The summed E-state index contributed by atoms with van der Waals surface area (Å²) in [5.41, 5.74) is 0. The maximum Gasteiger partial charge on any atom is 0.0728 e. The van der Waals surface area contributed by atoms with Crippen molar-refractivity contribution in [3.8, 4) is 0 Å². The number of ether oxygens (including phenoxy) is 1. The number of hydrogen-bond donors (Lipinski definition) is 1. The first-order valence-corrected chi connectivity index (χ1v) is 7.25. The number of hydrogen-bond acceptors (Lipinski definition) is 2. The molecule has 0 bridgehead atoms. The van der Waals surface area contributed by atoms with Gasteiger partial charge in [0.15, 0.2) is 0 Å². The van der Waals surface area contributed by atoms with E-state index in [1.54, 1.807) is 0 Å². The van der Waals surface area contributed by atoms with Crippen molar-refractivity contribution in [1.29, 1.82) is 0 Å². The molecule has 2 aliphatic rings. The van der Waals surface area contributed by atoms with E-state index in [0.29, 0.717) is 12.1 Å². The molecule has 0 spiro atoms. The first kappa shape index (κ1) is 12.4. The summed E-state index contributed by atoms with van der Waals surface area (Å²) in [4.78, 5) is 0. The van der Waals surface area contributed by atoms with Crippen LogP contribution >= 0.6 is 0 Å². The van der Waals surface area contributed by atoms with Crippen molar-refractivity contribution in [1.82, 2.24) is 5.32 Å². The van der Waals surface area contributed by atoms with Gasteiger partial charge in [-0.2, -0.15) is 0 Å². The Labute approximate surface area is 100 Å². The van der Waals surface area contributed by atoms with Gasteiger partial charge in [0.05, 0.1) is 6.10 Å². The molecule has 2 nitrogen and oxygen atoms in total. The molecule has 0 saturated heterocycles. The van der Waals surface area contributed by atoms with E-state index in [9.17, 15) is 0 Å². The fourth-order valence-corrected chi connectivity index (χ4v) is 3.23. The molecule has 2 atom stereocenters.